The molecular weight excluding hydrogens is 524 g/mol. The van der Waals surface area contributed by atoms with Gasteiger partial charge in [0.05, 0.1) is 24.6 Å². The average Bonchev–Trinajstić information content (AvgIpc) is 3.58. The van der Waals surface area contributed by atoms with Crippen LogP contribution in [0.4, 0.5) is 5.82 Å². The van der Waals surface area contributed by atoms with Crippen LogP contribution in [0.5, 0.6) is 0 Å². The van der Waals surface area contributed by atoms with E-state index in [0.717, 1.165) is 37.9 Å². The van der Waals surface area contributed by atoms with Gasteiger partial charge in [0.25, 0.3) is 0 Å². The Balaban J connectivity index is 1.15. The van der Waals surface area contributed by atoms with Gasteiger partial charge >= 0.3 is 0 Å². The van der Waals surface area contributed by atoms with Gasteiger partial charge in [-0.25, -0.2) is 15.0 Å². The summed E-state index contributed by atoms with van der Waals surface area (Å²) >= 11 is 0. The summed E-state index contributed by atoms with van der Waals surface area (Å²) < 4.78 is 7.95. The number of ether oxygens (including phenoxy) is 1. The van der Waals surface area contributed by atoms with E-state index in [0.29, 0.717) is 23.1 Å². The summed E-state index contributed by atoms with van der Waals surface area (Å²) in [7, 11) is 0. The molecule has 208 valence electrons. The normalized spacial score (nSPS) is 28.3. The predicted molar refractivity (Wildman–Crippen MR) is 152 cm³/mol. The number of nitrogens with zero attached hydrogens (tertiary/aromatic N) is 4. The molecular formula is C30H28N6O5. The highest BCUT2D eigenvalue weighted by molar-refractivity contribution is 6.23. The highest BCUT2D eigenvalue weighted by Gasteiger charge is 2.43. The monoisotopic (exact) mass is 552 g/mol. The van der Waals surface area contributed by atoms with Crippen LogP contribution in [0.3, 0.4) is 0 Å². The molecule has 1 saturated heterocycles. The standard InChI is InChI=1S/C30H28N6O5/c31-29-25-30(34-11-33-29)36(12-35-25)20-9-18(37)19(41-20)10-32-24-23-16-7-6-14-3-1-2-13-4-5-15(22(16)21(13)14)8-17(23)26(38)28(40)27(24)39/h1-8,11-12,18-20,24,26-28,32,37-40H,9-10H2,(H2,31,33,34)/t18-,19+,20+,24+,26+,27-,28-/m0/s1. The third kappa shape index (κ3) is 3.58. The van der Waals surface area contributed by atoms with Gasteiger partial charge in [-0.1, -0.05) is 42.5 Å². The molecule has 1 fully saturated rings. The van der Waals surface area contributed by atoms with Crippen molar-refractivity contribution in [1.82, 2.24) is 24.8 Å². The molecule has 3 heterocycles. The lowest BCUT2D eigenvalue weighted by molar-refractivity contribution is -0.0874. The number of hydrogen-bond donors (Lipinski definition) is 6. The van der Waals surface area contributed by atoms with E-state index in [-0.39, 0.29) is 12.4 Å². The summed E-state index contributed by atoms with van der Waals surface area (Å²) in [5.74, 6) is 0.265. The minimum absolute atomic E-state index is 0.188. The molecule has 0 spiro atoms. The molecule has 1 aliphatic carbocycles. The Morgan fingerprint density at radius 1 is 0.927 bits per heavy atom. The molecule has 41 heavy (non-hydrogen) atoms. The van der Waals surface area contributed by atoms with Crippen LogP contribution in [0.1, 0.15) is 35.9 Å². The van der Waals surface area contributed by atoms with E-state index in [2.05, 4.69) is 38.5 Å². The number of fused-ring (bicyclic) bond motifs is 3. The number of aromatic nitrogens is 4. The first-order chi connectivity index (χ1) is 19.9. The fourth-order valence-corrected chi connectivity index (χ4v) is 6.80. The van der Waals surface area contributed by atoms with Crippen molar-refractivity contribution in [2.45, 2.75) is 49.2 Å². The molecule has 1 aliphatic heterocycles. The molecule has 2 aliphatic rings. The van der Waals surface area contributed by atoms with Crippen LogP contribution >= 0.6 is 0 Å². The van der Waals surface area contributed by atoms with Crippen molar-refractivity contribution in [2.75, 3.05) is 12.3 Å². The summed E-state index contributed by atoms with van der Waals surface area (Å²) in [6.45, 7) is 0.188. The molecule has 0 amide bonds. The number of rotatable bonds is 4. The Kier molecular flexibility index (Phi) is 5.45. The van der Waals surface area contributed by atoms with E-state index in [1.165, 1.54) is 6.33 Å². The summed E-state index contributed by atoms with van der Waals surface area (Å²) in [6.07, 6.45) is -2.63. The van der Waals surface area contributed by atoms with Gasteiger partial charge in [0.2, 0.25) is 0 Å². The van der Waals surface area contributed by atoms with Crippen molar-refractivity contribution in [3.8, 4) is 0 Å². The van der Waals surface area contributed by atoms with Crippen molar-refractivity contribution in [2.24, 2.45) is 0 Å². The molecule has 6 aromatic rings. The smallest absolute Gasteiger partial charge is 0.167 e. The zero-order chi connectivity index (χ0) is 28.0. The fourth-order valence-electron chi connectivity index (χ4n) is 6.80. The Morgan fingerprint density at radius 2 is 1.71 bits per heavy atom. The van der Waals surface area contributed by atoms with Gasteiger partial charge in [-0.3, -0.25) is 4.57 Å². The van der Waals surface area contributed by atoms with Crippen LogP contribution in [0, 0.1) is 0 Å². The molecule has 0 radical (unpaired) electrons. The second-order valence-electron chi connectivity index (χ2n) is 11.1. The lowest BCUT2D eigenvalue weighted by Crippen LogP contribution is -2.49. The summed E-state index contributed by atoms with van der Waals surface area (Å²) in [5.41, 5.74) is 8.21. The van der Waals surface area contributed by atoms with E-state index in [1.54, 1.807) is 10.9 Å². The number of aliphatic hydroxyl groups excluding tert-OH is 4. The molecule has 11 heteroatoms. The molecule has 0 unspecified atom stereocenters. The first-order valence-corrected chi connectivity index (χ1v) is 13.6. The van der Waals surface area contributed by atoms with Crippen LogP contribution in [-0.2, 0) is 4.74 Å². The fraction of sp³-hybridized carbons (Fsp3) is 0.300. The minimum Gasteiger partial charge on any atom is -0.390 e. The van der Waals surface area contributed by atoms with Crippen LogP contribution in [0.25, 0.3) is 43.5 Å². The zero-order valence-electron chi connectivity index (χ0n) is 21.8. The Morgan fingerprint density at radius 3 is 2.54 bits per heavy atom. The van der Waals surface area contributed by atoms with Crippen molar-refractivity contribution >= 4 is 49.3 Å². The highest BCUT2D eigenvalue weighted by Crippen LogP contribution is 2.45. The topological polar surface area (TPSA) is 172 Å². The first kappa shape index (κ1) is 24.8. The summed E-state index contributed by atoms with van der Waals surface area (Å²) in [4.78, 5) is 12.5. The van der Waals surface area contributed by atoms with Crippen LogP contribution in [-0.4, -0.2) is 70.9 Å². The van der Waals surface area contributed by atoms with Gasteiger partial charge in [-0.2, -0.15) is 0 Å². The first-order valence-electron chi connectivity index (χ1n) is 13.6. The number of nitrogens with one attached hydrogen (secondary N) is 1. The Hall–Kier alpha value is -3.97. The van der Waals surface area contributed by atoms with Gasteiger partial charge in [0.1, 0.15) is 36.4 Å². The van der Waals surface area contributed by atoms with E-state index in [4.69, 9.17) is 10.5 Å². The predicted octanol–water partition coefficient (Wildman–Crippen LogP) is 2.05. The molecule has 4 aromatic carbocycles. The third-order valence-corrected chi connectivity index (χ3v) is 8.81. The maximum atomic E-state index is 11.2. The molecule has 7 atom stereocenters. The van der Waals surface area contributed by atoms with Crippen molar-refractivity contribution in [3.63, 3.8) is 0 Å². The van der Waals surface area contributed by atoms with Gasteiger partial charge in [-0.15, -0.1) is 0 Å². The maximum absolute atomic E-state index is 11.2. The second-order valence-corrected chi connectivity index (χ2v) is 11.1. The van der Waals surface area contributed by atoms with Crippen molar-refractivity contribution in [1.29, 1.82) is 0 Å². The number of anilines is 1. The quantitative estimate of drug-likeness (QED) is 0.178. The van der Waals surface area contributed by atoms with Gasteiger partial charge in [0, 0.05) is 13.0 Å². The van der Waals surface area contributed by atoms with Gasteiger partial charge in [-0.05, 0) is 49.5 Å². The molecule has 0 bridgehead atoms. The largest absolute Gasteiger partial charge is 0.390 e. The number of aliphatic hydroxyl groups is 4. The molecule has 0 saturated carbocycles. The molecule has 11 nitrogen and oxygen atoms in total. The average molecular weight is 553 g/mol. The minimum atomic E-state index is -1.39. The van der Waals surface area contributed by atoms with Crippen molar-refractivity contribution < 1.29 is 25.2 Å². The van der Waals surface area contributed by atoms with E-state index < -0.39 is 42.8 Å². The second kappa shape index (κ2) is 9.02. The van der Waals surface area contributed by atoms with Crippen LogP contribution in [0.2, 0.25) is 0 Å². The maximum Gasteiger partial charge on any atom is 0.167 e. The molecule has 8 rings (SSSR count). The van der Waals surface area contributed by atoms with E-state index >= 15 is 0 Å². The molecule has 7 N–H and O–H groups in total. The van der Waals surface area contributed by atoms with Gasteiger partial charge < -0.3 is 36.2 Å². The third-order valence-electron chi connectivity index (χ3n) is 8.81. The van der Waals surface area contributed by atoms with Crippen LogP contribution in [0.15, 0.2) is 61.2 Å². The summed E-state index contributed by atoms with van der Waals surface area (Å²) in [6, 6.07) is 15.5. The Labute approximate surface area is 233 Å². The number of benzene rings is 4. The lowest BCUT2D eigenvalue weighted by atomic mass is 9.77. The molecule has 2 aromatic heterocycles. The highest BCUT2D eigenvalue weighted by atomic mass is 16.5. The number of hydrogen-bond acceptors (Lipinski definition) is 10. The van der Waals surface area contributed by atoms with Gasteiger partial charge in [0.15, 0.2) is 11.5 Å². The zero-order valence-corrected chi connectivity index (χ0v) is 21.8. The van der Waals surface area contributed by atoms with E-state index in [9.17, 15) is 20.4 Å². The van der Waals surface area contributed by atoms with Crippen LogP contribution < -0.4 is 11.1 Å². The SMILES string of the molecule is Nc1ncnc2c1ncn2[C@H]1C[C@H](O)[C@@H](CN[C@@H]2c3c(cc4ccc5cccc6ccc3c4c56)[C@@H](O)[C@H](O)[C@H]2O)O1. The number of nitrogen functional groups attached to an aromatic ring is 1. The number of imidazole rings is 1. The number of nitrogens with two attached hydrogens (primary N) is 1. The van der Waals surface area contributed by atoms with Crippen molar-refractivity contribution in [3.05, 3.63) is 72.3 Å². The van der Waals surface area contributed by atoms with E-state index in [1.807, 2.05) is 30.3 Å². The lowest BCUT2D eigenvalue weighted by Gasteiger charge is -2.39. The summed E-state index contributed by atoms with van der Waals surface area (Å²) in [5, 5.41) is 53.6. The Bertz CT molecular complexity index is 1930.